The summed E-state index contributed by atoms with van der Waals surface area (Å²) in [5, 5.41) is 11.5. The standard InChI is InChI=1S/C18H31N5O2/c1-25-14-17-13-23(21-20-17)12-15-8-10-22(11-9-15)18(24)19-16-6-4-2-3-5-7-16/h13,15-16H,2-12,14H2,1H3,(H,19,24). The SMILES string of the molecule is COCc1cn(CC2CCN(C(=O)NC3CCCCCC3)CC2)nn1. The van der Waals surface area contributed by atoms with Crippen molar-refractivity contribution in [1.29, 1.82) is 0 Å². The molecule has 25 heavy (non-hydrogen) atoms. The van der Waals surface area contributed by atoms with Gasteiger partial charge in [0.2, 0.25) is 0 Å². The van der Waals surface area contributed by atoms with Crippen LogP contribution in [0.25, 0.3) is 0 Å². The number of nitrogens with one attached hydrogen (secondary N) is 1. The van der Waals surface area contributed by atoms with Crippen LogP contribution >= 0.6 is 0 Å². The number of aromatic nitrogens is 3. The highest BCUT2D eigenvalue weighted by molar-refractivity contribution is 5.74. The van der Waals surface area contributed by atoms with E-state index in [1.54, 1.807) is 7.11 Å². The molecule has 0 atom stereocenters. The van der Waals surface area contributed by atoms with E-state index in [-0.39, 0.29) is 6.03 Å². The average molecular weight is 349 g/mol. The summed E-state index contributed by atoms with van der Waals surface area (Å²) in [6, 6.07) is 0.510. The third-order valence-corrected chi connectivity index (χ3v) is 5.41. The molecule has 2 heterocycles. The number of carbonyl (C=O) groups is 1. The van der Waals surface area contributed by atoms with Crippen molar-refractivity contribution < 1.29 is 9.53 Å². The van der Waals surface area contributed by atoms with Crippen LogP contribution in [-0.4, -0.2) is 52.2 Å². The molecule has 1 aromatic heterocycles. The number of hydrogen-bond donors (Lipinski definition) is 1. The lowest BCUT2D eigenvalue weighted by molar-refractivity contribution is 0.160. The van der Waals surface area contributed by atoms with Crippen molar-refractivity contribution in [2.45, 2.75) is 70.6 Å². The fourth-order valence-electron chi connectivity index (χ4n) is 3.91. The van der Waals surface area contributed by atoms with Crippen LogP contribution in [0.4, 0.5) is 4.79 Å². The first-order valence-corrected chi connectivity index (χ1v) is 9.68. The molecule has 0 spiro atoms. The van der Waals surface area contributed by atoms with E-state index >= 15 is 0 Å². The third-order valence-electron chi connectivity index (χ3n) is 5.41. The Balaban J connectivity index is 1.40. The topological polar surface area (TPSA) is 72.3 Å². The average Bonchev–Trinajstić information content (AvgIpc) is 2.89. The van der Waals surface area contributed by atoms with Crippen LogP contribution in [0.15, 0.2) is 6.20 Å². The van der Waals surface area contributed by atoms with Crippen molar-refractivity contribution in [1.82, 2.24) is 25.2 Å². The van der Waals surface area contributed by atoms with Gasteiger partial charge in [-0.3, -0.25) is 4.68 Å². The van der Waals surface area contributed by atoms with E-state index in [0.29, 0.717) is 18.6 Å². The van der Waals surface area contributed by atoms with Crippen molar-refractivity contribution >= 4 is 6.03 Å². The molecule has 1 saturated carbocycles. The summed E-state index contributed by atoms with van der Waals surface area (Å²) in [6.45, 7) is 3.04. The number of hydrogen-bond acceptors (Lipinski definition) is 4. The molecular weight excluding hydrogens is 318 g/mol. The summed E-state index contributed by atoms with van der Waals surface area (Å²) >= 11 is 0. The van der Waals surface area contributed by atoms with Crippen molar-refractivity contribution in [2.75, 3.05) is 20.2 Å². The predicted molar refractivity (Wildman–Crippen MR) is 95.1 cm³/mol. The highest BCUT2D eigenvalue weighted by Gasteiger charge is 2.25. The summed E-state index contributed by atoms with van der Waals surface area (Å²) in [5.74, 6) is 0.555. The van der Waals surface area contributed by atoms with Crippen molar-refractivity contribution in [3.8, 4) is 0 Å². The molecule has 7 heteroatoms. The molecule has 0 bridgehead atoms. The monoisotopic (exact) mass is 349 g/mol. The molecule has 140 valence electrons. The fraction of sp³-hybridized carbons (Fsp3) is 0.833. The van der Waals surface area contributed by atoms with Crippen LogP contribution in [0.2, 0.25) is 0 Å². The van der Waals surface area contributed by atoms with Crippen LogP contribution in [-0.2, 0) is 17.9 Å². The summed E-state index contributed by atoms with van der Waals surface area (Å²) in [5.41, 5.74) is 0.864. The predicted octanol–water partition coefficient (Wildman–Crippen LogP) is 2.57. The van der Waals surface area contributed by atoms with E-state index in [0.717, 1.165) is 51.0 Å². The summed E-state index contributed by atoms with van der Waals surface area (Å²) in [7, 11) is 1.66. The minimum absolute atomic E-state index is 0.133. The Bertz CT molecular complexity index is 531. The van der Waals surface area contributed by atoms with E-state index in [1.807, 2.05) is 15.8 Å². The Morgan fingerprint density at radius 2 is 1.92 bits per heavy atom. The lowest BCUT2D eigenvalue weighted by atomic mass is 9.97. The van der Waals surface area contributed by atoms with E-state index in [1.165, 1.54) is 25.7 Å². The molecule has 2 fully saturated rings. The molecule has 1 aliphatic heterocycles. The number of nitrogens with zero attached hydrogens (tertiary/aromatic N) is 4. The lowest BCUT2D eigenvalue weighted by Gasteiger charge is -2.33. The molecule has 3 rings (SSSR count). The molecule has 1 N–H and O–H groups in total. The molecule has 0 aromatic carbocycles. The number of rotatable bonds is 5. The molecule has 7 nitrogen and oxygen atoms in total. The molecule has 1 aromatic rings. The number of urea groups is 1. The highest BCUT2D eigenvalue weighted by atomic mass is 16.5. The van der Waals surface area contributed by atoms with Crippen LogP contribution in [0.5, 0.6) is 0 Å². The molecule has 2 amide bonds. The number of amides is 2. The van der Waals surface area contributed by atoms with Gasteiger partial charge in [-0.15, -0.1) is 5.10 Å². The maximum atomic E-state index is 12.5. The van der Waals surface area contributed by atoms with Gasteiger partial charge in [-0.05, 0) is 31.6 Å². The summed E-state index contributed by atoms with van der Waals surface area (Å²) < 4.78 is 6.98. The van der Waals surface area contributed by atoms with Gasteiger partial charge in [-0.2, -0.15) is 0 Å². The second kappa shape index (κ2) is 9.17. The minimum atomic E-state index is 0.133. The van der Waals surface area contributed by atoms with Crippen LogP contribution in [0.3, 0.4) is 0 Å². The second-order valence-electron chi connectivity index (χ2n) is 7.43. The normalized spacial score (nSPS) is 20.4. The minimum Gasteiger partial charge on any atom is -0.378 e. The smallest absolute Gasteiger partial charge is 0.317 e. The Labute approximate surface area is 150 Å². The van der Waals surface area contributed by atoms with Crippen LogP contribution in [0.1, 0.15) is 57.1 Å². The molecule has 1 aliphatic carbocycles. The van der Waals surface area contributed by atoms with Crippen molar-refractivity contribution in [3.05, 3.63) is 11.9 Å². The van der Waals surface area contributed by atoms with Gasteiger partial charge in [0.05, 0.1) is 12.8 Å². The Morgan fingerprint density at radius 1 is 1.20 bits per heavy atom. The number of methoxy groups -OCH3 is 1. The van der Waals surface area contributed by atoms with E-state index < -0.39 is 0 Å². The third kappa shape index (κ3) is 5.42. The molecule has 1 saturated heterocycles. The Hall–Kier alpha value is -1.63. The zero-order chi connectivity index (χ0) is 17.5. The van der Waals surface area contributed by atoms with Crippen molar-refractivity contribution in [3.63, 3.8) is 0 Å². The fourth-order valence-corrected chi connectivity index (χ4v) is 3.91. The first-order valence-electron chi connectivity index (χ1n) is 9.68. The van der Waals surface area contributed by atoms with Gasteiger partial charge < -0.3 is 15.0 Å². The molecule has 0 radical (unpaired) electrons. The van der Waals surface area contributed by atoms with Gasteiger partial charge in [0, 0.05) is 32.8 Å². The van der Waals surface area contributed by atoms with Gasteiger partial charge >= 0.3 is 6.03 Å². The Kier molecular flexibility index (Phi) is 6.67. The number of ether oxygens (including phenoxy) is 1. The molecule has 2 aliphatic rings. The van der Waals surface area contributed by atoms with Crippen molar-refractivity contribution in [2.24, 2.45) is 5.92 Å². The summed E-state index contributed by atoms with van der Waals surface area (Å²) in [4.78, 5) is 14.5. The first-order chi connectivity index (χ1) is 12.2. The van der Waals surface area contributed by atoms with Gasteiger partial charge in [0.15, 0.2) is 0 Å². The first kappa shape index (κ1) is 18.2. The Morgan fingerprint density at radius 3 is 2.60 bits per heavy atom. The van der Waals surface area contributed by atoms with Gasteiger partial charge in [0.25, 0.3) is 0 Å². The van der Waals surface area contributed by atoms with Crippen LogP contribution < -0.4 is 5.32 Å². The maximum absolute atomic E-state index is 12.5. The number of piperidine rings is 1. The second-order valence-corrected chi connectivity index (χ2v) is 7.43. The van der Waals surface area contributed by atoms with Gasteiger partial charge in [0.1, 0.15) is 5.69 Å². The lowest BCUT2D eigenvalue weighted by Crippen LogP contribution is -2.48. The van der Waals surface area contributed by atoms with E-state index in [4.69, 9.17) is 4.74 Å². The van der Waals surface area contributed by atoms with Gasteiger partial charge in [-0.25, -0.2) is 4.79 Å². The van der Waals surface area contributed by atoms with Gasteiger partial charge in [-0.1, -0.05) is 30.9 Å². The molecular formula is C18H31N5O2. The number of likely N-dealkylation sites (tertiary alicyclic amines) is 1. The summed E-state index contributed by atoms with van der Waals surface area (Å²) in [6.07, 6.45) is 11.4. The largest absolute Gasteiger partial charge is 0.378 e. The van der Waals surface area contributed by atoms with Crippen LogP contribution in [0, 0.1) is 5.92 Å². The maximum Gasteiger partial charge on any atom is 0.317 e. The zero-order valence-corrected chi connectivity index (χ0v) is 15.3. The van der Waals surface area contributed by atoms with E-state index in [2.05, 4.69) is 15.6 Å². The number of carbonyl (C=O) groups excluding carboxylic acids is 1. The van der Waals surface area contributed by atoms with E-state index in [9.17, 15) is 4.79 Å². The quantitative estimate of drug-likeness (QED) is 0.829. The zero-order valence-electron chi connectivity index (χ0n) is 15.3. The molecule has 0 unspecified atom stereocenters. The highest BCUT2D eigenvalue weighted by Crippen LogP contribution is 2.21.